The van der Waals surface area contributed by atoms with Crippen LogP contribution in [-0.4, -0.2) is 35.2 Å². The molecule has 1 aromatic heterocycles. The largest absolute Gasteiger partial charge is 0.490 e. The molecule has 0 bridgehead atoms. The Balaban J connectivity index is 1.35. The van der Waals surface area contributed by atoms with Gasteiger partial charge >= 0.3 is 0 Å². The van der Waals surface area contributed by atoms with E-state index in [9.17, 15) is 4.79 Å². The standard InChI is InChI=1S/C21H19ClN2O3/c22-16-6-8-17(9-7-16)26-18-10-12-24(13-11-18)21(25)19-14-20(27-23-19)15-4-2-1-3-5-15/h1-9,14,18H,10-13H2. The lowest BCUT2D eigenvalue weighted by Gasteiger charge is -2.31. The number of halogens is 1. The van der Waals surface area contributed by atoms with E-state index in [1.165, 1.54) is 0 Å². The molecule has 5 nitrogen and oxygen atoms in total. The van der Waals surface area contributed by atoms with Crippen molar-refractivity contribution in [1.29, 1.82) is 0 Å². The topological polar surface area (TPSA) is 55.6 Å². The van der Waals surface area contributed by atoms with E-state index in [0.717, 1.165) is 24.2 Å². The molecule has 4 rings (SSSR count). The molecule has 27 heavy (non-hydrogen) atoms. The summed E-state index contributed by atoms with van der Waals surface area (Å²) in [7, 11) is 0. The first-order valence-electron chi connectivity index (χ1n) is 8.93. The second-order valence-corrected chi connectivity index (χ2v) is 6.94. The first-order valence-corrected chi connectivity index (χ1v) is 9.30. The minimum Gasteiger partial charge on any atom is -0.490 e. The molecule has 2 aromatic carbocycles. The molecule has 0 N–H and O–H groups in total. The smallest absolute Gasteiger partial charge is 0.276 e. The van der Waals surface area contributed by atoms with Gasteiger partial charge in [-0.25, -0.2) is 0 Å². The van der Waals surface area contributed by atoms with Gasteiger partial charge in [0.25, 0.3) is 5.91 Å². The lowest BCUT2D eigenvalue weighted by atomic mass is 10.1. The number of carbonyl (C=O) groups excluding carboxylic acids is 1. The van der Waals surface area contributed by atoms with Crippen LogP contribution in [-0.2, 0) is 0 Å². The maximum atomic E-state index is 12.7. The van der Waals surface area contributed by atoms with Gasteiger partial charge in [0.05, 0.1) is 0 Å². The van der Waals surface area contributed by atoms with Crippen LogP contribution in [0.3, 0.4) is 0 Å². The number of aromatic nitrogens is 1. The van der Waals surface area contributed by atoms with E-state index < -0.39 is 0 Å². The number of rotatable bonds is 4. The first kappa shape index (κ1) is 17.6. The number of hydrogen-bond donors (Lipinski definition) is 0. The minimum absolute atomic E-state index is 0.0902. The van der Waals surface area contributed by atoms with Gasteiger partial charge in [0, 0.05) is 42.6 Å². The number of ether oxygens (including phenoxy) is 1. The van der Waals surface area contributed by atoms with Crippen LogP contribution in [0, 0.1) is 0 Å². The number of hydrogen-bond acceptors (Lipinski definition) is 4. The molecule has 0 aliphatic carbocycles. The quantitative estimate of drug-likeness (QED) is 0.657. The third-order valence-corrected chi connectivity index (χ3v) is 4.89. The van der Waals surface area contributed by atoms with Gasteiger partial charge in [-0.2, -0.15) is 0 Å². The zero-order valence-electron chi connectivity index (χ0n) is 14.7. The van der Waals surface area contributed by atoms with Gasteiger partial charge in [0.2, 0.25) is 0 Å². The van der Waals surface area contributed by atoms with Gasteiger partial charge in [-0.3, -0.25) is 4.79 Å². The van der Waals surface area contributed by atoms with Crippen molar-refractivity contribution in [3.05, 3.63) is 71.4 Å². The lowest BCUT2D eigenvalue weighted by molar-refractivity contribution is 0.0586. The summed E-state index contributed by atoms with van der Waals surface area (Å²) in [5.41, 5.74) is 1.24. The number of amides is 1. The predicted octanol–water partition coefficient (Wildman–Crippen LogP) is 4.68. The van der Waals surface area contributed by atoms with E-state index in [-0.39, 0.29) is 12.0 Å². The third kappa shape index (κ3) is 4.14. The molecule has 1 aliphatic heterocycles. The monoisotopic (exact) mass is 382 g/mol. The van der Waals surface area contributed by atoms with Crippen LogP contribution in [0.4, 0.5) is 0 Å². The van der Waals surface area contributed by atoms with Crippen molar-refractivity contribution in [3.8, 4) is 17.1 Å². The normalized spacial score (nSPS) is 14.9. The molecule has 0 spiro atoms. The van der Waals surface area contributed by atoms with Crippen molar-refractivity contribution in [2.45, 2.75) is 18.9 Å². The molecule has 138 valence electrons. The molecule has 0 radical (unpaired) electrons. The van der Waals surface area contributed by atoms with Crippen molar-refractivity contribution in [3.63, 3.8) is 0 Å². The Morgan fingerprint density at radius 1 is 1.07 bits per heavy atom. The van der Waals surface area contributed by atoms with Crippen molar-refractivity contribution in [1.82, 2.24) is 10.1 Å². The average Bonchev–Trinajstić information content (AvgIpc) is 3.21. The number of likely N-dealkylation sites (tertiary alicyclic amines) is 1. The molecule has 1 saturated heterocycles. The highest BCUT2D eigenvalue weighted by molar-refractivity contribution is 6.30. The van der Waals surface area contributed by atoms with E-state index in [1.54, 1.807) is 11.0 Å². The van der Waals surface area contributed by atoms with Crippen LogP contribution in [0.2, 0.25) is 5.02 Å². The van der Waals surface area contributed by atoms with Crippen molar-refractivity contribution in [2.75, 3.05) is 13.1 Å². The Labute approximate surface area is 162 Å². The molecule has 0 atom stereocenters. The fourth-order valence-corrected chi connectivity index (χ4v) is 3.28. The lowest BCUT2D eigenvalue weighted by Crippen LogP contribution is -2.41. The van der Waals surface area contributed by atoms with Crippen molar-refractivity contribution in [2.24, 2.45) is 0 Å². The van der Waals surface area contributed by atoms with Crippen LogP contribution in [0.15, 0.2) is 65.2 Å². The highest BCUT2D eigenvalue weighted by atomic mass is 35.5. The number of piperidine rings is 1. The summed E-state index contributed by atoms with van der Waals surface area (Å²) in [6.07, 6.45) is 1.64. The first-order chi connectivity index (χ1) is 13.2. The van der Waals surface area contributed by atoms with Gasteiger partial charge in [-0.15, -0.1) is 0 Å². The molecule has 1 aliphatic rings. The maximum absolute atomic E-state index is 12.7. The van der Waals surface area contributed by atoms with Crippen LogP contribution >= 0.6 is 11.6 Å². The van der Waals surface area contributed by atoms with E-state index in [2.05, 4.69) is 5.16 Å². The number of nitrogens with zero attached hydrogens (tertiary/aromatic N) is 2. The fraction of sp³-hybridized carbons (Fsp3) is 0.238. The summed E-state index contributed by atoms with van der Waals surface area (Å²) < 4.78 is 11.3. The third-order valence-electron chi connectivity index (χ3n) is 4.63. The SMILES string of the molecule is O=C(c1cc(-c2ccccc2)on1)N1CCC(Oc2ccc(Cl)cc2)CC1. The van der Waals surface area contributed by atoms with Gasteiger partial charge in [-0.05, 0) is 24.3 Å². The highest BCUT2D eigenvalue weighted by Gasteiger charge is 2.26. The van der Waals surface area contributed by atoms with Crippen LogP contribution in [0.1, 0.15) is 23.3 Å². The summed E-state index contributed by atoms with van der Waals surface area (Å²) >= 11 is 5.89. The van der Waals surface area contributed by atoms with Crippen LogP contribution < -0.4 is 4.74 Å². The van der Waals surface area contributed by atoms with Crippen molar-refractivity contribution < 1.29 is 14.1 Å². The Morgan fingerprint density at radius 2 is 1.78 bits per heavy atom. The van der Waals surface area contributed by atoms with Crippen LogP contribution in [0.25, 0.3) is 11.3 Å². The number of benzene rings is 2. The molecule has 2 heterocycles. The van der Waals surface area contributed by atoms with E-state index >= 15 is 0 Å². The minimum atomic E-state index is -0.106. The van der Waals surface area contributed by atoms with Gasteiger partial charge < -0.3 is 14.2 Å². The Morgan fingerprint density at radius 3 is 2.48 bits per heavy atom. The zero-order valence-corrected chi connectivity index (χ0v) is 15.4. The summed E-state index contributed by atoms with van der Waals surface area (Å²) in [4.78, 5) is 14.5. The van der Waals surface area contributed by atoms with E-state index in [0.29, 0.717) is 29.6 Å². The zero-order chi connectivity index (χ0) is 18.6. The molecular weight excluding hydrogens is 364 g/mol. The molecular formula is C21H19ClN2O3. The molecule has 1 fully saturated rings. The van der Waals surface area contributed by atoms with E-state index in [4.69, 9.17) is 20.9 Å². The fourth-order valence-electron chi connectivity index (χ4n) is 3.16. The van der Waals surface area contributed by atoms with Gasteiger partial charge in [0.15, 0.2) is 11.5 Å². The second-order valence-electron chi connectivity index (χ2n) is 6.51. The number of carbonyl (C=O) groups is 1. The summed E-state index contributed by atoms with van der Waals surface area (Å²) in [6.45, 7) is 1.26. The maximum Gasteiger partial charge on any atom is 0.276 e. The molecule has 0 unspecified atom stereocenters. The van der Waals surface area contributed by atoms with Crippen LogP contribution in [0.5, 0.6) is 5.75 Å². The molecule has 6 heteroatoms. The molecule has 0 saturated carbocycles. The predicted molar refractivity (Wildman–Crippen MR) is 103 cm³/mol. The van der Waals surface area contributed by atoms with E-state index in [1.807, 2.05) is 54.6 Å². The second kappa shape index (κ2) is 7.84. The average molecular weight is 383 g/mol. The van der Waals surface area contributed by atoms with Gasteiger partial charge in [-0.1, -0.05) is 47.1 Å². The van der Waals surface area contributed by atoms with Gasteiger partial charge in [0.1, 0.15) is 11.9 Å². The van der Waals surface area contributed by atoms with Crippen molar-refractivity contribution >= 4 is 17.5 Å². The summed E-state index contributed by atoms with van der Waals surface area (Å²) in [5.74, 6) is 1.29. The molecule has 3 aromatic rings. The summed E-state index contributed by atoms with van der Waals surface area (Å²) in [6, 6.07) is 18.7. The molecule has 1 amide bonds. The Hall–Kier alpha value is -2.79. The Kier molecular flexibility index (Phi) is 5.12. The summed E-state index contributed by atoms with van der Waals surface area (Å²) in [5, 5.41) is 4.64. The highest BCUT2D eigenvalue weighted by Crippen LogP contribution is 2.23. The Bertz CT molecular complexity index is 901.